The fourth-order valence-corrected chi connectivity index (χ4v) is 4.14. The van der Waals surface area contributed by atoms with Gasteiger partial charge in [-0.25, -0.2) is 8.42 Å². The van der Waals surface area contributed by atoms with Crippen LogP contribution in [0.4, 0.5) is 0 Å². The number of morpholine rings is 1. The van der Waals surface area contributed by atoms with Crippen LogP contribution in [-0.2, 0) is 14.8 Å². The SMILES string of the molecule is CCCCN(C)C(=O)c1ccc(S(=O)(=O)N2CCOC(C)C2)cc1. The average molecular weight is 354 g/mol. The number of carbonyl (C=O) groups excluding carboxylic acids is 1. The lowest BCUT2D eigenvalue weighted by molar-refractivity contribution is 0.0102. The van der Waals surface area contributed by atoms with Crippen LogP contribution in [0.3, 0.4) is 0 Å². The van der Waals surface area contributed by atoms with Gasteiger partial charge in [0.05, 0.1) is 17.6 Å². The van der Waals surface area contributed by atoms with E-state index in [0.717, 1.165) is 12.8 Å². The number of benzene rings is 1. The van der Waals surface area contributed by atoms with Crippen LogP contribution < -0.4 is 0 Å². The van der Waals surface area contributed by atoms with Crippen LogP contribution in [0.25, 0.3) is 0 Å². The van der Waals surface area contributed by atoms with Gasteiger partial charge in [-0.15, -0.1) is 0 Å². The highest BCUT2D eigenvalue weighted by molar-refractivity contribution is 7.89. The minimum atomic E-state index is -3.54. The Balaban J connectivity index is 2.12. The Morgan fingerprint density at radius 2 is 2.00 bits per heavy atom. The summed E-state index contributed by atoms with van der Waals surface area (Å²) < 4.78 is 32.2. The number of unbranched alkanes of at least 4 members (excludes halogenated alkanes) is 1. The average Bonchev–Trinajstić information content (AvgIpc) is 2.59. The Labute approximate surface area is 144 Å². The molecule has 7 heteroatoms. The summed E-state index contributed by atoms with van der Waals surface area (Å²) in [6.07, 6.45) is 1.86. The molecule has 0 bridgehead atoms. The third-order valence-corrected chi connectivity index (χ3v) is 6.02. The number of ether oxygens (including phenoxy) is 1. The zero-order valence-corrected chi connectivity index (χ0v) is 15.4. The highest BCUT2D eigenvalue weighted by Crippen LogP contribution is 2.19. The van der Waals surface area contributed by atoms with Crippen molar-refractivity contribution in [3.8, 4) is 0 Å². The molecule has 1 fully saturated rings. The normalized spacial score (nSPS) is 19.2. The van der Waals surface area contributed by atoms with E-state index in [-0.39, 0.29) is 16.9 Å². The first-order valence-corrected chi connectivity index (χ1v) is 9.77. The maximum Gasteiger partial charge on any atom is 0.253 e. The van der Waals surface area contributed by atoms with Crippen molar-refractivity contribution in [1.29, 1.82) is 0 Å². The molecule has 0 aliphatic carbocycles. The standard InChI is InChI=1S/C17H26N2O4S/c1-4-5-10-18(3)17(20)15-6-8-16(9-7-15)24(21,22)19-11-12-23-14(2)13-19/h6-9,14H,4-5,10-13H2,1-3H3. The smallest absolute Gasteiger partial charge is 0.253 e. The van der Waals surface area contributed by atoms with E-state index in [1.165, 1.54) is 16.4 Å². The van der Waals surface area contributed by atoms with Gasteiger partial charge in [-0.05, 0) is 37.6 Å². The molecule has 0 saturated carbocycles. The Bertz CT molecular complexity index is 658. The fourth-order valence-electron chi connectivity index (χ4n) is 2.64. The van der Waals surface area contributed by atoms with Crippen molar-refractivity contribution < 1.29 is 17.9 Å². The Morgan fingerprint density at radius 3 is 2.58 bits per heavy atom. The predicted molar refractivity (Wildman–Crippen MR) is 92.5 cm³/mol. The van der Waals surface area contributed by atoms with Crippen molar-refractivity contribution in [1.82, 2.24) is 9.21 Å². The van der Waals surface area contributed by atoms with Crippen molar-refractivity contribution in [3.05, 3.63) is 29.8 Å². The third kappa shape index (κ3) is 4.34. The predicted octanol–water partition coefficient (Wildman–Crippen LogP) is 1.97. The van der Waals surface area contributed by atoms with E-state index in [1.54, 1.807) is 24.1 Å². The van der Waals surface area contributed by atoms with Gasteiger partial charge in [-0.1, -0.05) is 13.3 Å². The molecule has 2 rings (SSSR count). The van der Waals surface area contributed by atoms with Gasteiger partial charge in [-0.3, -0.25) is 4.79 Å². The second kappa shape index (κ2) is 8.09. The van der Waals surface area contributed by atoms with E-state index in [1.807, 2.05) is 6.92 Å². The Morgan fingerprint density at radius 1 is 1.33 bits per heavy atom. The van der Waals surface area contributed by atoms with Crippen molar-refractivity contribution >= 4 is 15.9 Å². The summed E-state index contributed by atoms with van der Waals surface area (Å²) in [5.41, 5.74) is 0.503. The van der Waals surface area contributed by atoms with Gasteiger partial charge in [0.2, 0.25) is 10.0 Å². The maximum atomic E-state index is 12.7. The maximum absolute atomic E-state index is 12.7. The number of nitrogens with zero attached hydrogens (tertiary/aromatic N) is 2. The van der Waals surface area contributed by atoms with Crippen LogP contribution in [-0.4, -0.2) is 62.9 Å². The molecule has 1 unspecified atom stereocenters. The van der Waals surface area contributed by atoms with Gasteiger partial charge >= 0.3 is 0 Å². The highest BCUT2D eigenvalue weighted by Gasteiger charge is 2.29. The number of hydrogen-bond acceptors (Lipinski definition) is 4. The van der Waals surface area contributed by atoms with E-state index in [2.05, 4.69) is 6.92 Å². The molecule has 1 atom stereocenters. The molecule has 6 nitrogen and oxygen atoms in total. The number of carbonyl (C=O) groups is 1. The summed E-state index contributed by atoms with van der Waals surface area (Å²) in [7, 11) is -1.78. The number of sulfonamides is 1. The van der Waals surface area contributed by atoms with Crippen molar-refractivity contribution in [2.45, 2.75) is 37.7 Å². The Kier molecular flexibility index (Phi) is 6.37. The van der Waals surface area contributed by atoms with Crippen LogP contribution in [0.5, 0.6) is 0 Å². The zero-order valence-electron chi connectivity index (χ0n) is 14.6. The molecular weight excluding hydrogens is 328 g/mol. The quantitative estimate of drug-likeness (QED) is 0.783. The molecule has 0 N–H and O–H groups in total. The molecule has 24 heavy (non-hydrogen) atoms. The molecule has 1 aromatic carbocycles. The molecule has 1 aromatic rings. The molecule has 0 aromatic heterocycles. The van der Waals surface area contributed by atoms with E-state index in [4.69, 9.17) is 4.74 Å². The van der Waals surface area contributed by atoms with E-state index < -0.39 is 10.0 Å². The van der Waals surface area contributed by atoms with Crippen LogP contribution in [0, 0.1) is 0 Å². The summed E-state index contributed by atoms with van der Waals surface area (Å²) in [5.74, 6) is -0.0904. The lowest BCUT2D eigenvalue weighted by Crippen LogP contribution is -2.44. The van der Waals surface area contributed by atoms with E-state index >= 15 is 0 Å². The van der Waals surface area contributed by atoms with E-state index in [0.29, 0.717) is 31.8 Å². The molecule has 1 aliphatic heterocycles. The number of rotatable bonds is 6. The van der Waals surface area contributed by atoms with Gasteiger partial charge in [0.25, 0.3) is 5.91 Å². The minimum Gasteiger partial charge on any atom is -0.376 e. The molecule has 0 spiro atoms. The molecule has 1 amide bonds. The lowest BCUT2D eigenvalue weighted by Gasteiger charge is -2.30. The monoisotopic (exact) mass is 354 g/mol. The lowest BCUT2D eigenvalue weighted by atomic mass is 10.2. The summed E-state index contributed by atoms with van der Waals surface area (Å²) in [5, 5.41) is 0. The summed E-state index contributed by atoms with van der Waals surface area (Å²) >= 11 is 0. The summed E-state index contributed by atoms with van der Waals surface area (Å²) in [6, 6.07) is 6.19. The fraction of sp³-hybridized carbons (Fsp3) is 0.588. The Hall–Kier alpha value is -1.44. The van der Waals surface area contributed by atoms with Crippen molar-refractivity contribution in [3.63, 3.8) is 0 Å². The highest BCUT2D eigenvalue weighted by atomic mass is 32.2. The second-order valence-corrected chi connectivity index (χ2v) is 8.09. The molecule has 0 radical (unpaired) electrons. The number of amides is 1. The number of hydrogen-bond donors (Lipinski definition) is 0. The molecule has 1 aliphatic rings. The summed E-state index contributed by atoms with van der Waals surface area (Å²) in [6.45, 7) is 5.73. The van der Waals surface area contributed by atoms with E-state index in [9.17, 15) is 13.2 Å². The van der Waals surface area contributed by atoms with Crippen LogP contribution in [0.1, 0.15) is 37.0 Å². The van der Waals surface area contributed by atoms with Crippen LogP contribution in [0.15, 0.2) is 29.2 Å². The van der Waals surface area contributed by atoms with Gasteiger partial charge < -0.3 is 9.64 Å². The van der Waals surface area contributed by atoms with Gasteiger partial charge in [-0.2, -0.15) is 4.31 Å². The van der Waals surface area contributed by atoms with Crippen LogP contribution in [0.2, 0.25) is 0 Å². The molecule has 1 saturated heterocycles. The zero-order chi connectivity index (χ0) is 17.7. The molecule has 1 heterocycles. The first kappa shape index (κ1) is 18.9. The van der Waals surface area contributed by atoms with Gasteiger partial charge in [0, 0.05) is 32.2 Å². The largest absolute Gasteiger partial charge is 0.376 e. The minimum absolute atomic E-state index is 0.0904. The van der Waals surface area contributed by atoms with Crippen LogP contribution >= 0.6 is 0 Å². The third-order valence-electron chi connectivity index (χ3n) is 4.14. The first-order chi connectivity index (χ1) is 11.4. The van der Waals surface area contributed by atoms with Gasteiger partial charge in [0.15, 0.2) is 0 Å². The summed E-state index contributed by atoms with van der Waals surface area (Å²) in [4.78, 5) is 14.2. The topological polar surface area (TPSA) is 66.9 Å². The second-order valence-electron chi connectivity index (χ2n) is 6.15. The van der Waals surface area contributed by atoms with Crippen molar-refractivity contribution in [2.75, 3.05) is 33.3 Å². The molecular formula is C17H26N2O4S. The molecule has 134 valence electrons. The van der Waals surface area contributed by atoms with Crippen molar-refractivity contribution in [2.24, 2.45) is 0 Å². The van der Waals surface area contributed by atoms with Gasteiger partial charge in [0.1, 0.15) is 0 Å². The first-order valence-electron chi connectivity index (χ1n) is 8.33.